The van der Waals surface area contributed by atoms with Crippen molar-refractivity contribution in [1.82, 2.24) is 15.3 Å². The number of carbonyl (C=O) groups is 1. The van der Waals surface area contributed by atoms with Crippen LogP contribution in [-0.2, 0) is 11.2 Å². The molecule has 7 heteroatoms. The quantitative estimate of drug-likeness (QED) is 0.520. The zero-order valence-electron chi connectivity index (χ0n) is 16.8. The van der Waals surface area contributed by atoms with E-state index in [0.717, 1.165) is 32.6 Å². The molecule has 0 unspecified atom stereocenters. The summed E-state index contributed by atoms with van der Waals surface area (Å²) >= 11 is 1.55. The number of fused-ring (bicyclic) bond motifs is 1. The highest BCUT2D eigenvalue weighted by Gasteiger charge is 2.35. The highest BCUT2D eigenvalue weighted by molar-refractivity contribution is 7.16. The molecule has 0 bridgehead atoms. The van der Waals surface area contributed by atoms with Crippen LogP contribution in [0.3, 0.4) is 0 Å². The summed E-state index contributed by atoms with van der Waals surface area (Å²) in [6, 6.07) is 12.2. The first-order chi connectivity index (χ1) is 14.5. The molecule has 3 aromatic heterocycles. The normalized spacial score (nSPS) is 15.1. The van der Waals surface area contributed by atoms with E-state index in [4.69, 9.17) is 9.15 Å². The van der Waals surface area contributed by atoms with Crippen LogP contribution < -0.4 is 5.32 Å². The van der Waals surface area contributed by atoms with E-state index in [1.165, 1.54) is 0 Å². The number of pyridine rings is 1. The number of hydrogen-bond donors (Lipinski definition) is 1. The molecule has 0 saturated carbocycles. The van der Waals surface area contributed by atoms with Crippen LogP contribution in [0.15, 0.2) is 52.5 Å². The van der Waals surface area contributed by atoms with Gasteiger partial charge in [0.15, 0.2) is 5.89 Å². The summed E-state index contributed by atoms with van der Waals surface area (Å²) in [7, 11) is 0. The predicted molar refractivity (Wildman–Crippen MR) is 116 cm³/mol. The average Bonchev–Trinajstić information content (AvgIpc) is 3.36. The lowest BCUT2D eigenvalue weighted by molar-refractivity contribution is -0.0594. The summed E-state index contributed by atoms with van der Waals surface area (Å²) in [6.45, 7) is 4.88. The molecule has 1 aliphatic heterocycles. The van der Waals surface area contributed by atoms with Gasteiger partial charge < -0.3 is 14.5 Å². The van der Waals surface area contributed by atoms with Gasteiger partial charge in [-0.3, -0.25) is 4.79 Å². The van der Waals surface area contributed by atoms with Gasteiger partial charge in [-0.05, 0) is 42.0 Å². The van der Waals surface area contributed by atoms with Crippen molar-refractivity contribution in [2.75, 3.05) is 13.2 Å². The van der Waals surface area contributed by atoms with Gasteiger partial charge in [0.05, 0.1) is 18.8 Å². The fraction of sp³-hybridized carbons (Fsp3) is 0.261. The molecule has 0 radical (unpaired) electrons. The summed E-state index contributed by atoms with van der Waals surface area (Å²) in [5.74, 6) is 0.493. The minimum atomic E-state index is -0.307. The molecule has 4 aromatic rings. The van der Waals surface area contributed by atoms with Gasteiger partial charge >= 0.3 is 0 Å². The number of nitrogens with one attached hydrogen (secondary N) is 1. The van der Waals surface area contributed by atoms with Crippen LogP contribution in [0.25, 0.3) is 21.5 Å². The number of hydrogen-bond acceptors (Lipinski definition) is 6. The molecule has 1 aromatic carbocycles. The van der Waals surface area contributed by atoms with Crippen LogP contribution >= 0.6 is 11.3 Å². The molecule has 1 amide bonds. The molecule has 0 spiro atoms. The van der Waals surface area contributed by atoms with Crippen LogP contribution in [0.4, 0.5) is 0 Å². The van der Waals surface area contributed by atoms with Crippen LogP contribution in [-0.4, -0.2) is 34.6 Å². The van der Waals surface area contributed by atoms with Crippen molar-refractivity contribution in [1.29, 1.82) is 0 Å². The van der Waals surface area contributed by atoms with Gasteiger partial charge in [-0.15, -0.1) is 11.3 Å². The molecule has 1 fully saturated rings. The average molecular weight is 420 g/mol. The highest BCUT2D eigenvalue weighted by atomic mass is 32.1. The Hall–Kier alpha value is -3.03. The first kappa shape index (κ1) is 19.0. The Morgan fingerprint density at radius 3 is 2.67 bits per heavy atom. The Labute approximate surface area is 177 Å². The Kier molecular flexibility index (Phi) is 4.64. The number of benzene rings is 1. The van der Waals surface area contributed by atoms with Crippen LogP contribution in [0, 0.1) is 6.92 Å². The smallest absolute Gasteiger partial charge is 0.270 e. The Balaban J connectivity index is 1.42. The summed E-state index contributed by atoms with van der Waals surface area (Å²) < 4.78 is 10.5. The lowest BCUT2D eigenvalue weighted by Gasteiger charge is -2.38. The van der Waals surface area contributed by atoms with Crippen molar-refractivity contribution in [3.05, 3.63) is 70.8 Å². The van der Waals surface area contributed by atoms with Crippen molar-refractivity contribution in [3.63, 3.8) is 0 Å². The van der Waals surface area contributed by atoms with E-state index in [9.17, 15) is 4.79 Å². The first-order valence-electron chi connectivity index (χ1n) is 9.78. The second-order valence-corrected chi connectivity index (χ2v) is 8.83. The topological polar surface area (TPSA) is 77.2 Å². The van der Waals surface area contributed by atoms with E-state index in [0.29, 0.717) is 31.2 Å². The minimum absolute atomic E-state index is 0.158. The molecule has 30 heavy (non-hydrogen) atoms. The number of ether oxygens (including phenoxy) is 1. The van der Waals surface area contributed by atoms with Crippen LogP contribution in [0.2, 0.25) is 0 Å². The number of thiophene rings is 1. The molecule has 1 saturated heterocycles. The third-order valence-corrected chi connectivity index (χ3v) is 6.08. The zero-order chi connectivity index (χ0) is 20.7. The molecule has 152 valence electrons. The second-order valence-electron chi connectivity index (χ2n) is 7.94. The van der Waals surface area contributed by atoms with Gasteiger partial charge in [-0.2, -0.15) is 0 Å². The molecule has 5 rings (SSSR count). The summed E-state index contributed by atoms with van der Waals surface area (Å²) in [6.07, 6.45) is 2.38. The third-order valence-electron chi connectivity index (χ3n) is 5.28. The number of amides is 1. The predicted octanol–water partition coefficient (Wildman–Crippen LogP) is 4.37. The Bertz CT molecular complexity index is 1220. The maximum Gasteiger partial charge on any atom is 0.270 e. The lowest BCUT2D eigenvalue weighted by atomic mass is 9.99. The molecule has 6 nitrogen and oxygen atoms in total. The number of oxazole rings is 1. The van der Waals surface area contributed by atoms with E-state index in [2.05, 4.69) is 33.5 Å². The van der Waals surface area contributed by atoms with Gasteiger partial charge in [0.25, 0.3) is 5.91 Å². The molecular weight excluding hydrogens is 398 g/mol. The molecule has 0 atom stereocenters. The third kappa shape index (κ3) is 3.62. The molecular formula is C23H21N3O3S. The van der Waals surface area contributed by atoms with Gasteiger partial charge in [0, 0.05) is 17.9 Å². The van der Waals surface area contributed by atoms with E-state index in [-0.39, 0.29) is 11.4 Å². The molecule has 1 N–H and O–H groups in total. The fourth-order valence-corrected chi connectivity index (χ4v) is 4.42. The molecule has 0 aliphatic carbocycles. The number of aryl methyl sites for hydroxylation is 1. The SMILES string of the molecule is Cc1nc(-c2ccc(Cc3cc(C(=O)NC4(C)COC4)nc4sccc34)cc2)co1. The molecule has 4 heterocycles. The Morgan fingerprint density at radius 2 is 2.00 bits per heavy atom. The van der Waals surface area contributed by atoms with E-state index in [1.54, 1.807) is 17.6 Å². The second kappa shape index (κ2) is 7.34. The number of carbonyl (C=O) groups excluding carboxylic acids is 1. The largest absolute Gasteiger partial charge is 0.449 e. The summed E-state index contributed by atoms with van der Waals surface area (Å²) in [5, 5.41) is 6.15. The zero-order valence-corrected chi connectivity index (χ0v) is 17.6. The lowest BCUT2D eigenvalue weighted by Crippen LogP contribution is -2.60. The fourth-order valence-electron chi connectivity index (χ4n) is 3.61. The van der Waals surface area contributed by atoms with Crippen LogP contribution in [0.1, 0.15) is 34.4 Å². The van der Waals surface area contributed by atoms with Crippen molar-refractivity contribution < 1.29 is 13.9 Å². The van der Waals surface area contributed by atoms with Gasteiger partial charge in [0.1, 0.15) is 22.5 Å². The van der Waals surface area contributed by atoms with Gasteiger partial charge in [-0.1, -0.05) is 24.3 Å². The van der Waals surface area contributed by atoms with Gasteiger partial charge in [-0.25, -0.2) is 9.97 Å². The molecule has 1 aliphatic rings. The van der Waals surface area contributed by atoms with Crippen molar-refractivity contribution >= 4 is 27.5 Å². The van der Waals surface area contributed by atoms with Crippen LogP contribution in [0.5, 0.6) is 0 Å². The van der Waals surface area contributed by atoms with Crippen molar-refractivity contribution in [2.24, 2.45) is 0 Å². The number of rotatable bonds is 5. The maximum atomic E-state index is 12.8. The minimum Gasteiger partial charge on any atom is -0.449 e. The monoisotopic (exact) mass is 419 g/mol. The number of nitrogens with zero attached hydrogens (tertiary/aromatic N) is 2. The summed E-state index contributed by atoms with van der Waals surface area (Å²) in [4.78, 5) is 22.6. The van der Waals surface area contributed by atoms with Crippen molar-refractivity contribution in [2.45, 2.75) is 25.8 Å². The number of aromatic nitrogens is 2. The highest BCUT2D eigenvalue weighted by Crippen LogP contribution is 2.27. The van der Waals surface area contributed by atoms with Crippen molar-refractivity contribution in [3.8, 4) is 11.3 Å². The standard InChI is InChI=1S/C23H21N3O3S/c1-14-24-20(11-29-14)16-5-3-15(4-6-16)9-17-10-19(25-22-18(17)7-8-30-22)21(27)26-23(2)12-28-13-23/h3-8,10-11H,9,12-13H2,1-2H3,(H,26,27). The van der Waals surface area contributed by atoms with E-state index < -0.39 is 0 Å². The first-order valence-corrected chi connectivity index (χ1v) is 10.7. The Morgan fingerprint density at radius 1 is 1.20 bits per heavy atom. The summed E-state index contributed by atoms with van der Waals surface area (Å²) in [5.41, 5.74) is 4.23. The van der Waals surface area contributed by atoms with Gasteiger partial charge in [0.2, 0.25) is 0 Å². The van der Waals surface area contributed by atoms with E-state index in [1.807, 2.05) is 37.4 Å². The van der Waals surface area contributed by atoms with E-state index >= 15 is 0 Å². The maximum absolute atomic E-state index is 12.8.